The molecule has 0 atom stereocenters. The molecule has 3 N–H and O–H groups in total. The molecule has 76 valence electrons. The van der Waals surface area contributed by atoms with Crippen molar-refractivity contribution >= 4 is 16.7 Å². The predicted octanol–water partition coefficient (Wildman–Crippen LogP) is 0.919. The molecule has 0 spiro atoms. The van der Waals surface area contributed by atoms with Gasteiger partial charge in [-0.2, -0.15) is 10.2 Å². The number of oxime groups is 1. The monoisotopic (exact) mass is 202 g/mol. The second-order valence-electron chi connectivity index (χ2n) is 3.16. The van der Waals surface area contributed by atoms with Gasteiger partial charge in [-0.3, -0.25) is 0 Å². The van der Waals surface area contributed by atoms with Crippen LogP contribution < -0.4 is 5.73 Å². The fourth-order valence-electron chi connectivity index (χ4n) is 1.43. The number of benzene rings is 1. The Morgan fingerprint density at radius 3 is 3.00 bits per heavy atom. The van der Waals surface area contributed by atoms with E-state index in [9.17, 15) is 0 Å². The summed E-state index contributed by atoms with van der Waals surface area (Å²) in [6, 6.07) is 7.62. The maximum atomic E-state index is 8.50. The minimum Gasteiger partial charge on any atom is -0.409 e. The Balaban J connectivity index is 2.51. The molecule has 0 radical (unpaired) electrons. The second kappa shape index (κ2) is 3.91. The number of nitrogens with two attached hydrogens (primary N) is 1. The zero-order valence-corrected chi connectivity index (χ0v) is 7.96. The van der Waals surface area contributed by atoms with Crippen molar-refractivity contribution in [2.75, 3.05) is 0 Å². The molecule has 0 saturated heterocycles. The van der Waals surface area contributed by atoms with E-state index in [1.165, 1.54) is 0 Å². The summed E-state index contributed by atoms with van der Waals surface area (Å²) in [5.41, 5.74) is 7.15. The van der Waals surface area contributed by atoms with Crippen LogP contribution in [0, 0.1) is 0 Å². The van der Waals surface area contributed by atoms with Crippen molar-refractivity contribution < 1.29 is 5.21 Å². The minimum atomic E-state index is 0.160. The molecule has 0 fully saturated rings. The molecule has 0 amide bonds. The molecule has 15 heavy (non-hydrogen) atoms. The number of hydrogen-bond acceptors (Lipinski definition) is 4. The summed E-state index contributed by atoms with van der Waals surface area (Å²) in [4.78, 5) is 0. The standard InChI is InChI=1S/C10H10N4O/c11-10(14-15)5-7-6-12-13-9-4-2-1-3-8(7)9/h1-4,6,15H,5H2,(H2,11,14). The van der Waals surface area contributed by atoms with Crippen LogP contribution in [0.25, 0.3) is 10.9 Å². The number of hydrogen-bond donors (Lipinski definition) is 2. The molecule has 2 aromatic rings. The molecular weight excluding hydrogens is 192 g/mol. The van der Waals surface area contributed by atoms with Crippen molar-refractivity contribution in [3.8, 4) is 0 Å². The minimum absolute atomic E-state index is 0.160. The van der Waals surface area contributed by atoms with Gasteiger partial charge < -0.3 is 10.9 Å². The van der Waals surface area contributed by atoms with Crippen LogP contribution >= 0.6 is 0 Å². The normalized spacial score (nSPS) is 11.9. The Hall–Kier alpha value is -2.17. The quantitative estimate of drug-likeness (QED) is 0.328. The lowest BCUT2D eigenvalue weighted by Gasteiger charge is -2.03. The zero-order chi connectivity index (χ0) is 10.7. The van der Waals surface area contributed by atoms with Gasteiger partial charge in [0.1, 0.15) is 5.84 Å². The van der Waals surface area contributed by atoms with Crippen LogP contribution in [0.3, 0.4) is 0 Å². The summed E-state index contributed by atoms with van der Waals surface area (Å²) in [5.74, 6) is 0.160. The van der Waals surface area contributed by atoms with E-state index >= 15 is 0 Å². The first kappa shape index (κ1) is 9.39. The van der Waals surface area contributed by atoms with Gasteiger partial charge in [-0.1, -0.05) is 23.4 Å². The van der Waals surface area contributed by atoms with Gasteiger partial charge in [-0.15, -0.1) is 0 Å². The number of aromatic nitrogens is 2. The van der Waals surface area contributed by atoms with Crippen LogP contribution in [0.1, 0.15) is 5.56 Å². The summed E-state index contributed by atoms with van der Waals surface area (Å²) in [6.07, 6.45) is 1.99. The van der Waals surface area contributed by atoms with E-state index in [1.807, 2.05) is 24.3 Å². The molecule has 2 rings (SSSR count). The topological polar surface area (TPSA) is 84.4 Å². The highest BCUT2D eigenvalue weighted by molar-refractivity contribution is 5.88. The average Bonchev–Trinajstić information content (AvgIpc) is 2.29. The van der Waals surface area contributed by atoms with Gasteiger partial charge in [0.25, 0.3) is 0 Å². The van der Waals surface area contributed by atoms with Crippen molar-refractivity contribution in [3.63, 3.8) is 0 Å². The van der Waals surface area contributed by atoms with E-state index < -0.39 is 0 Å². The van der Waals surface area contributed by atoms with E-state index in [2.05, 4.69) is 15.4 Å². The lowest BCUT2D eigenvalue weighted by Crippen LogP contribution is -2.15. The summed E-state index contributed by atoms with van der Waals surface area (Å²) in [5, 5.41) is 20.2. The first-order valence-corrected chi connectivity index (χ1v) is 4.47. The highest BCUT2D eigenvalue weighted by Crippen LogP contribution is 2.15. The van der Waals surface area contributed by atoms with Gasteiger partial charge in [-0.25, -0.2) is 0 Å². The Morgan fingerprint density at radius 1 is 1.40 bits per heavy atom. The van der Waals surface area contributed by atoms with Gasteiger partial charge in [0.2, 0.25) is 0 Å². The van der Waals surface area contributed by atoms with Crippen LogP contribution in [0.2, 0.25) is 0 Å². The maximum absolute atomic E-state index is 8.50. The van der Waals surface area contributed by atoms with Crippen LogP contribution in [0.15, 0.2) is 35.6 Å². The van der Waals surface area contributed by atoms with Crippen molar-refractivity contribution in [2.24, 2.45) is 10.9 Å². The number of fused-ring (bicyclic) bond motifs is 1. The van der Waals surface area contributed by atoms with Crippen LogP contribution in [-0.4, -0.2) is 21.2 Å². The van der Waals surface area contributed by atoms with Gasteiger partial charge in [-0.05, 0) is 11.6 Å². The molecule has 0 saturated carbocycles. The maximum Gasteiger partial charge on any atom is 0.143 e. The Bertz CT molecular complexity index is 504. The SMILES string of the molecule is N/C(Cc1cnnc2ccccc12)=N\O. The fourth-order valence-corrected chi connectivity index (χ4v) is 1.43. The fraction of sp³-hybridized carbons (Fsp3) is 0.100. The molecular formula is C10H10N4O. The second-order valence-corrected chi connectivity index (χ2v) is 3.16. The van der Waals surface area contributed by atoms with Gasteiger partial charge in [0.05, 0.1) is 11.7 Å². The third kappa shape index (κ3) is 1.85. The number of rotatable bonds is 2. The van der Waals surface area contributed by atoms with E-state index in [4.69, 9.17) is 10.9 Å². The molecule has 1 heterocycles. The predicted molar refractivity (Wildman–Crippen MR) is 56.7 cm³/mol. The Kier molecular flexibility index (Phi) is 2.45. The molecule has 0 aliphatic rings. The van der Waals surface area contributed by atoms with E-state index in [0.717, 1.165) is 16.5 Å². The molecule has 0 unspecified atom stereocenters. The Morgan fingerprint density at radius 2 is 2.20 bits per heavy atom. The molecule has 0 aliphatic carbocycles. The zero-order valence-electron chi connectivity index (χ0n) is 7.96. The van der Waals surface area contributed by atoms with Crippen molar-refractivity contribution in [3.05, 3.63) is 36.0 Å². The number of nitrogens with zero attached hydrogens (tertiary/aromatic N) is 3. The van der Waals surface area contributed by atoms with E-state index in [0.29, 0.717) is 6.42 Å². The molecule has 1 aromatic carbocycles. The highest BCUT2D eigenvalue weighted by atomic mass is 16.4. The third-order valence-corrected chi connectivity index (χ3v) is 2.13. The van der Waals surface area contributed by atoms with Gasteiger partial charge >= 0.3 is 0 Å². The van der Waals surface area contributed by atoms with Crippen LogP contribution in [0.5, 0.6) is 0 Å². The van der Waals surface area contributed by atoms with E-state index in [1.54, 1.807) is 6.20 Å². The van der Waals surface area contributed by atoms with Crippen LogP contribution in [-0.2, 0) is 6.42 Å². The summed E-state index contributed by atoms with van der Waals surface area (Å²) in [6.45, 7) is 0. The van der Waals surface area contributed by atoms with E-state index in [-0.39, 0.29) is 5.84 Å². The van der Waals surface area contributed by atoms with Crippen molar-refractivity contribution in [1.29, 1.82) is 0 Å². The molecule has 0 aliphatic heterocycles. The summed E-state index contributed by atoms with van der Waals surface area (Å²) in [7, 11) is 0. The number of amidine groups is 1. The molecule has 5 nitrogen and oxygen atoms in total. The van der Waals surface area contributed by atoms with Crippen molar-refractivity contribution in [1.82, 2.24) is 10.2 Å². The van der Waals surface area contributed by atoms with Crippen molar-refractivity contribution in [2.45, 2.75) is 6.42 Å². The first-order valence-electron chi connectivity index (χ1n) is 4.47. The van der Waals surface area contributed by atoms with Gasteiger partial charge in [0.15, 0.2) is 0 Å². The highest BCUT2D eigenvalue weighted by Gasteiger charge is 2.04. The third-order valence-electron chi connectivity index (χ3n) is 2.13. The molecule has 0 bridgehead atoms. The largest absolute Gasteiger partial charge is 0.409 e. The lowest BCUT2D eigenvalue weighted by atomic mass is 10.1. The summed E-state index contributed by atoms with van der Waals surface area (Å²) >= 11 is 0. The molecule has 1 aromatic heterocycles. The molecule has 5 heteroatoms. The first-order chi connectivity index (χ1) is 7.31. The van der Waals surface area contributed by atoms with Crippen LogP contribution in [0.4, 0.5) is 0 Å². The van der Waals surface area contributed by atoms with Gasteiger partial charge in [0, 0.05) is 11.8 Å². The smallest absolute Gasteiger partial charge is 0.143 e. The average molecular weight is 202 g/mol. The summed E-state index contributed by atoms with van der Waals surface area (Å²) < 4.78 is 0. The lowest BCUT2D eigenvalue weighted by molar-refractivity contribution is 0.317. The Labute approximate surface area is 86.2 Å².